The van der Waals surface area contributed by atoms with Gasteiger partial charge in [0, 0.05) is 0 Å². The average molecular weight is 355 g/mol. The molecule has 0 aromatic carbocycles. The third-order valence-corrected chi connectivity index (χ3v) is 4.85. The molecule has 1 aliphatic rings. The van der Waals surface area contributed by atoms with Gasteiger partial charge in [0.25, 0.3) is 0 Å². The number of ether oxygens (including phenoxy) is 2. The maximum Gasteiger partial charge on any atom is 0.357 e. The Morgan fingerprint density at radius 1 is 1.35 bits per heavy atom. The highest BCUT2D eigenvalue weighted by molar-refractivity contribution is 7.86. The van der Waals surface area contributed by atoms with Gasteiger partial charge in [-0.25, -0.2) is 13.2 Å². The van der Waals surface area contributed by atoms with E-state index in [1.165, 1.54) is 0 Å². The van der Waals surface area contributed by atoms with E-state index in [1.807, 2.05) is 13.8 Å². The SMILES string of the molecule is C=C(COCC(F)(F)S(=O)(=O)[O-])C(=O)OC1(C(C)C)CCCC1. The Balaban J connectivity index is 2.54. The first-order valence-corrected chi connectivity index (χ1v) is 8.64. The van der Waals surface area contributed by atoms with Crippen molar-refractivity contribution in [1.82, 2.24) is 0 Å². The minimum absolute atomic E-state index is 0.0950. The van der Waals surface area contributed by atoms with Gasteiger partial charge in [-0.1, -0.05) is 20.4 Å². The number of carbonyl (C=O) groups is 1. The van der Waals surface area contributed by atoms with Crippen LogP contribution in [0.1, 0.15) is 39.5 Å². The molecule has 0 radical (unpaired) electrons. The highest BCUT2D eigenvalue weighted by Gasteiger charge is 2.41. The summed E-state index contributed by atoms with van der Waals surface area (Å²) in [5.74, 6) is -0.675. The van der Waals surface area contributed by atoms with Crippen LogP contribution in [-0.2, 0) is 24.4 Å². The number of hydrogen-bond donors (Lipinski definition) is 0. The number of esters is 1. The Labute approximate surface area is 134 Å². The van der Waals surface area contributed by atoms with E-state index in [-0.39, 0.29) is 11.5 Å². The number of hydrogen-bond acceptors (Lipinski definition) is 6. The summed E-state index contributed by atoms with van der Waals surface area (Å²) in [5.41, 5.74) is -0.807. The summed E-state index contributed by atoms with van der Waals surface area (Å²) in [6.45, 7) is 4.97. The molecule has 23 heavy (non-hydrogen) atoms. The maximum atomic E-state index is 12.9. The number of halogens is 2. The summed E-state index contributed by atoms with van der Waals surface area (Å²) in [5, 5.41) is -4.55. The molecule has 0 heterocycles. The van der Waals surface area contributed by atoms with Crippen LogP contribution in [0.4, 0.5) is 8.78 Å². The third-order valence-electron chi connectivity index (χ3n) is 4.00. The molecule has 0 aromatic rings. The van der Waals surface area contributed by atoms with Gasteiger partial charge in [-0.05, 0) is 31.6 Å². The van der Waals surface area contributed by atoms with Gasteiger partial charge in [-0.2, -0.15) is 8.78 Å². The second-order valence-electron chi connectivity index (χ2n) is 6.00. The van der Waals surface area contributed by atoms with E-state index in [1.54, 1.807) is 0 Å². The third kappa shape index (κ3) is 4.95. The quantitative estimate of drug-likeness (QED) is 0.376. The van der Waals surface area contributed by atoms with Crippen LogP contribution in [0.2, 0.25) is 0 Å². The van der Waals surface area contributed by atoms with Crippen molar-refractivity contribution in [3.05, 3.63) is 12.2 Å². The summed E-state index contributed by atoms with van der Waals surface area (Å²) in [4.78, 5) is 12.0. The zero-order valence-corrected chi connectivity index (χ0v) is 14.0. The van der Waals surface area contributed by atoms with Crippen molar-refractivity contribution in [3.63, 3.8) is 0 Å². The van der Waals surface area contributed by atoms with Gasteiger partial charge in [-0.15, -0.1) is 0 Å². The van der Waals surface area contributed by atoms with Gasteiger partial charge in [0.05, 0.1) is 12.2 Å². The van der Waals surface area contributed by atoms with Crippen LogP contribution >= 0.6 is 0 Å². The fourth-order valence-electron chi connectivity index (χ4n) is 2.45. The van der Waals surface area contributed by atoms with Crippen LogP contribution in [0.5, 0.6) is 0 Å². The van der Waals surface area contributed by atoms with Crippen LogP contribution in [0, 0.1) is 5.92 Å². The molecule has 1 saturated carbocycles. The molecule has 0 atom stereocenters. The van der Waals surface area contributed by atoms with Gasteiger partial charge < -0.3 is 14.0 Å². The van der Waals surface area contributed by atoms with Crippen molar-refractivity contribution < 1.29 is 36.0 Å². The average Bonchev–Trinajstić information content (AvgIpc) is 2.86. The Morgan fingerprint density at radius 2 is 1.87 bits per heavy atom. The van der Waals surface area contributed by atoms with E-state index in [9.17, 15) is 26.5 Å². The first-order chi connectivity index (χ1) is 10.4. The minimum atomic E-state index is -5.81. The predicted molar refractivity (Wildman–Crippen MR) is 76.7 cm³/mol. The molecule has 0 spiro atoms. The van der Waals surface area contributed by atoms with Gasteiger partial charge in [-0.3, -0.25) is 0 Å². The fourth-order valence-corrected chi connectivity index (χ4v) is 2.68. The molecular formula is C14H21F2O6S-. The van der Waals surface area contributed by atoms with Gasteiger partial charge in [0.15, 0.2) is 10.1 Å². The Morgan fingerprint density at radius 3 is 2.30 bits per heavy atom. The molecule has 0 aliphatic heterocycles. The second kappa shape index (κ2) is 7.23. The zero-order valence-electron chi connectivity index (χ0n) is 13.1. The standard InChI is InChI=1S/C14H22F2O6S/c1-10(2)13(6-4-5-7-13)22-12(17)11(3)8-21-9-14(15,16)23(18,19)20/h10H,3-9H2,1-2H3,(H,18,19,20)/p-1. The molecule has 0 amide bonds. The molecule has 1 rings (SSSR count). The van der Waals surface area contributed by atoms with Crippen molar-refractivity contribution in [2.24, 2.45) is 5.92 Å². The molecule has 0 unspecified atom stereocenters. The molecule has 9 heteroatoms. The summed E-state index contributed by atoms with van der Waals surface area (Å²) in [7, 11) is -5.81. The van der Waals surface area contributed by atoms with E-state index >= 15 is 0 Å². The van der Waals surface area contributed by atoms with Crippen molar-refractivity contribution in [1.29, 1.82) is 0 Å². The van der Waals surface area contributed by atoms with E-state index in [0.29, 0.717) is 0 Å². The van der Waals surface area contributed by atoms with E-state index < -0.39 is 40.2 Å². The molecule has 6 nitrogen and oxygen atoms in total. The smallest absolute Gasteiger partial charge is 0.357 e. The Hall–Kier alpha value is -1.06. The predicted octanol–water partition coefficient (Wildman–Crippen LogP) is 2.21. The van der Waals surface area contributed by atoms with Crippen molar-refractivity contribution in [2.75, 3.05) is 13.2 Å². The van der Waals surface area contributed by atoms with Crippen LogP contribution in [0.15, 0.2) is 12.2 Å². The summed E-state index contributed by atoms with van der Waals surface area (Å²) in [6, 6.07) is 0. The molecule has 0 aromatic heterocycles. The first kappa shape index (κ1) is 20.0. The van der Waals surface area contributed by atoms with Crippen molar-refractivity contribution in [2.45, 2.75) is 50.4 Å². The highest BCUT2D eigenvalue weighted by atomic mass is 32.2. The van der Waals surface area contributed by atoms with Gasteiger partial charge in [0.1, 0.15) is 12.2 Å². The minimum Gasteiger partial charge on any atom is -0.743 e. The van der Waals surface area contributed by atoms with Crippen molar-refractivity contribution in [3.8, 4) is 0 Å². The van der Waals surface area contributed by atoms with E-state index in [2.05, 4.69) is 11.3 Å². The van der Waals surface area contributed by atoms with Gasteiger partial charge >= 0.3 is 11.2 Å². The molecule has 0 bridgehead atoms. The van der Waals surface area contributed by atoms with Gasteiger partial charge in [0.2, 0.25) is 0 Å². The van der Waals surface area contributed by atoms with Crippen LogP contribution in [-0.4, -0.2) is 43.0 Å². The summed E-state index contributed by atoms with van der Waals surface area (Å²) < 4.78 is 66.7. The molecular weight excluding hydrogens is 334 g/mol. The second-order valence-corrected chi connectivity index (χ2v) is 7.51. The maximum absolute atomic E-state index is 12.9. The first-order valence-electron chi connectivity index (χ1n) is 7.23. The lowest BCUT2D eigenvalue weighted by Crippen LogP contribution is -2.38. The number of alkyl halides is 2. The largest absolute Gasteiger partial charge is 0.743 e. The summed E-state index contributed by atoms with van der Waals surface area (Å²) >= 11 is 0. The van der Waals surface area contributed by atoms with Crippen LogP contribution < -0.4 is 0 Å². The number of carbonyl (C=O) groups excluding carboxylic acids is 1. The van der Waals surface area contributed by atoms with E-state index in [4.69, 9.17) is 4.74 Å². The topological polar surface area (TPSA) is 92.7 Å². The van der Waals surface area contributed by atoms with Crippen LogP contribution in [0.3, 0.4) is 0 Å². The molecule has 1 aliphatic carbocycles. The summed E-state index contributed by atoms with van der Waals surface area (Å²) in [6.07, 6.45) is 3.30. The van der Waals surface area contributed by atoms with E-state index in [0.717, 1.165) is 25.7 Å². The van der Waals surface area contributed by atoms with Crippen molar-refractivity contribution >= 4 is 16.1 Å². The Kier molecular flexibility index (Phi) is 6.28. The molecule has 0 saturated heterocycles. The lowest BCUT2D eigenvalue weighted by Gasteiger charge is -2.33. The molecule has 0 N–H and O–H groups in total. The Bertz CT molecular complexity index is 550. The zero-order chi connectivity index (χ0) is 17.9. The molecule has 134 valence electrons. The molecule has 1 fully saturated rings. The fraction of sp³-hybridized carbons (Fsp3) is 0.786. The highest BCUT2D eigenvalue weighted by Crippen LogP contribution is 2.39. The van der Waals surface area contributed by atoms with Crippen LogP contribution in [0.25, 0.3) is 0 Å². The lowest BCUT2D eigenvalue weighted by atomic mass is 9.88. The number of rotatable bonds is 8. The lowest BCUT2D eigenvalue weighted by molar-refractivity contribution is -0.160. The normalized spacial score (nSPS) is 18.2. The monoisotopic (exact) mass is 355 g/mol.